The van der Waals surface area contributed by atoms with E-state index in [-0.39, 0.29) is 24.4 Å². The van der Waals surface area contributed by atoms with Crippen LogP contribution in [0.5, 0.6) is 11.5 Å². The van der Waals surface area contributed by atoms with Crippen LogP contribution in [0.1, 0.15) is 24.8 Å². The van der Waals surface area contributed by atoms with E-state index in [0.717, 1.165) is 18.4 Å². The molecule has 1 amide bonds. The summed E-state index contributed by atoms with van der Waals surface area (Å²) in [5, 5.41) is 4.06. The van der Waals surface area contributed by atoms with Crippen molar-refractivity contribution in [3.63, 3.8) is 0 Å². The lowest BCUT2D eigenvalue weighted by Crippen LogP contribution is -2.34. The molecule has 0 saturated carbocycles. The molecule has 1 fully saturated rings. The molecule has 8 heteroatoms. The number of hydrogen-bond donors (Lipinski definition) is 0. The van der Waals surface area contributed by atoms with Gasteiger partial charge in [-0.25, -0.2) is 4.39 Å². The van der Waals surface area contributed by atoms with Gasteiger partial charge in [0.15, 0.2) is 6.61 Å². The second kappa shape index (κ2) is 8.30. The molecule has 4 rings (SSSR count). The predicted octanol–water partition coefficient (Wildman–Crippen LogP) is 3.63. The minimum absolute atomic E-state index is 0.143. The molecule has 1 aliphatic heterocycles. The van der Waals surface area contributed by atoms with Gasteiger partial charge in [-0.1, -0.05) is 17.3 Å². The molecule has 7 nitrogen and oxygen atoms in total. The molecule has 1 aromatic heterocycles. The first-order chi connectivity index (χ1) is 14.2. The molecule has 0 radical (unpaired) electrons. The lowest BCUT2D eigenvalue weighted by Gasteiger charge is -2.21. The maximum Gasteiger partial charge on any atom is 0.261 e. The number of carbonyl (C=O) groups excluding carboxylic acids is 1. The SMILES string of the molecule is COc1ccccc1-c1noc(C2CCCN2C(=O)COc2ccc(F)cc2)n1. The lowest BCUT2D eigenvalue weighted by molar-refractivity contribution is -0.134. The zero-order valence-electron chi connectivity index (χ0n) is 15.9. The van der Waals surface area contributed by atoms with Crippen LogP contribution in [0, 0.1) is 5.82 Å². The summed E-state index contributed by atoms with van der Waals surface area (Å²) >= 11 is 0. The summed E-state index contributed by atoms with van der Waals surface area (Å²) in [6.07, 6.45) is 1.56. The van der Waals surface area contributed by atoms with Crippen molar-refractivity contribution >= 4 is 5.91 Å². The molecule has 0 spiro atoms. The monoisotopic (exact) mass is 397 g/mol. The fourth-order valence-electron chi connectivity index (χ4n) is 3.39. The molecule has 0 aliphatic carbocycles. The van der Waals surface area contributed by atoms with Crippen LogP contribution in [-0.4, -0.2) is 41.2 Å². The summed E-state index contributed by atoms with van der Waals surface area (Å²) in [4.78, 5) is 18.8. The van der Waals surface area contributed by atoms with E-state index < -0.39 is 0 Å². The van der Waals surface area contributed by atoms with Crippen molar-refractivity contribution in [1.29, 1.82) is 0 Å². The van der Waals surface area contributed by atoms with Crippen molar-refractivity contribution in [2.45, 2.75) is 18.9 Å². The number of para-hydroxylation sites is 1. The molecule has 1 saturated heterocycles. The summed E-state index contributed by atoms with van der Waals surface area (Å²) in [5.41, 5.74) is 0.723. The summed E-state index contributed by atoms with van der Waals surface area (Å²) in [5.74, 6) is 1.34. The molecule has 0 N–H and O–H groups in total. The molecular formula is C21H20FN3O4. The van der Waals surface area contributed by atoms with Gasteiger partial charge in [0.25, 0.3) is 5.91 Å². The maximum absolute atomic E-state index is 13.0. The topological polar surface area (TPSA) is 77.7 Å². The Bertz CT molecular complexity index is 990. The fraction of sp³-hybridized carbons (Fsp3) is 0.286. The second-order valence-corrected chi connectivity index (χ2v) is 6.64. The van der Waals surface area contributed by atoms with E-state index in [0.29, 0.717) is 29.8 Å². The molecule has 2 heterocycles. The molecule has 150 valence electrons. The Morgan fingerprint density at radius 3 is 2.83 bits per heavy atom. The quantitative estimate of drug-likeness (QED) is 0.632. The van der Waals surface area contributed by atoms with Crippen LogP contribution in [0.15, 0.2) is 53.1 Å². The van der Waals surface area contributed by atoms with E-state index >= 15 is 0 Å². The van der Waals surface area contributed by atoms with Crippen LogP contribution >= 0.6 is 0 Å². The van der Waals surface area contributed by atoms with Crippen molar-refractivity contribution < 1.29 is 23.2 Å². The van der Waals surface area contributed by atoms with E-state index in [9.17, 15) is 9.18 Å². The smallest absolute Gasteiger partial charge is 0.261 e. The number of rotatable bonds is 6. The summed E-state index contributed by atoms with van der Waals surface area (Å²) < 4.78 is 29.3. The van der Waals surface area contributed by atoms with Gasteiger partial charge in [0, 0.05) is 6.54 Å². The van der Waals surface area contributed by atoms with Crippen molar-refractivity contribution in [2.75, 3.05) is 20.3 Å². The van der Waals surface area contributed by atoms with Crippen LogP contribution < -0.4 is 9.47 Å². The highest BCUT2D eigenvalue weighted by molar-refractivity contribution is 5.78. The van der Waals surface area contributed by atoms with E-state index in [1.54, 1.807) is 12.0 Å². The van der Waals surface area contributed by atoms with E-state index in [4.69, 9.17) is 14.0 Å². The molecule has 3 aromatic rings. The van der Waals surface area contributed by atoms with Crippen molar-refractivity contribution in [3.05, 3.63) is 60.2 Å². The third kappa shape index (κ3) is 4.06. The number of methoxy groups -OCH3 is 1. The highest BCUT2D eigenvalue weighted by Gasteiger charge is 2.34. The lowest BCUT2D eigenvalue weighted by atomic mass is 10.2. The van der Waals surface area contributed by atoms with Gasteiger partial charge in [-0.15, -0.1) is 0 Å². The number of halogens is 1. The number of nitrogens with zero attached hydrogens (tertiary/aromatic N) is 3. The number of likely N-dealkylation sites (tertiary alicyclic amines) is 1. The number of hydrogen-bond acceptors (Lipinski definition) is 6. The number of amides is 1. The van der Waals surface area contributed by atoms with Crippen LogP contribution in [0.3, 0.4) is 0 Å². The van der Waals surface area contributed by atoms with Crippen LogP contribution in [0.2, 0.25) is 0 Å². The minimum Gasteiger partial charge on any atom is -0.496 e. The third-order valence-electron chi connectivity index (χ3n) is 4.82. The van der Waals surface area contributed by atoms with E-state index in [1.165, 1.54) is 24.3 Å². The Morgan fingerprint density at radius 2 is 2.03 bits per heavy atom. The number of carbonyl (C=O) groups is 1. The van der Waals surface area contributed by atoms with Crippen LogP contribution in [0.4, 0.5) is 4.39 Å². The minimum atomic E-state index is -0.356. The zero-order chi connectivity index (χ0) is 20.2. The average molecular weight is 397 g/mol. The number of benzene rings is 2. The highest BCUT2D eigenvalue weighted by Crippen LogP contribution is 2.34. The van der Waals surface area contributed by atoms with Gasteiger partial charge in [-0.3, -0.25) is 4.79 Å². The Kier molecular flexibility index (Phi) is 5.41. The summed E-state index contributed by atoms with van der Waals surface area (Å²) in [6, 6.07) is 12.7. The first-order valence-electron chi connectivity index (χ1n) is 9.30. The molecule has 1 unspecified atom stereocenters. The van der Waals surface area contributed by atoms with Gasteiger partial charge in [0.1, 0.15) is 23.4 Å². The highest BCUT2D eigenvalue weighted by atomic mass is 19.1. The van der Waals surface area contributed by atoms with Crippen molar-refractivity contribution in [3.8, 4) is 22.9 Å². The Morgan fingerprint density at radius 1 is 1.24 bits per heavy atom. The maximum atomic E-state index is 13.0. The van der Waals surface area contributed by atoms with Gasteiger partial charge < -0.3 is 18.9 Å². The molecule has 2 aromatic carbocycles. The van der Waals surface area contributed by atoms with Crippen LogP contribution in [-0.2, 0) is 4.79 Å². The zero-order valence-corrected chi connectivity index (χ0v) is 15.9. The molecule has 1 atom stereocenters. The number of ether oxygens (including phenoxy) is 2. The van der Waals surface area contributed by atoms with Crippen LogP contribution in [0.25, 0.3) is 11.4 Å². The summed E-state index contributed by atoms with van der Waals surface area (Å²) in [7, 11) is 1.58. The predicted molar refractivity (Wildman–Crippen MR) is 102 cm³/mol. The largest absolute Gasteiger partial charge is 0.496 e. The second-order valence-electron chi connectivity index (χ2n) is 6.64. The van der Waals surface area contributed by atoms with Crippen molar-refractivity contribution in [1.82, 2.24) is 15.0 Å². The van der Waals surface area contributed by atoms with Gasteiger partial charge in [-0.2, -0.15) is 4.98 Å². The van der Waals surface area contributed by atoms with Crippen molar-refractivity contribution in [2.24, 2.45) is 0 Å². The molecule has 29 heavy (non-hydrogen) atoms. The Balaban J connectivity index is 1.46. The number of aromatic nitrogens is 2. The standard InChI is InChI=1S/C21H20FN3O4/c1-27-18-7-3-2-5-16(18)20-23-21(29-24-20)17-6-4-12-25(17)19(26)13-28-15-10-8-14(22)9-11-15/h2-3,5,7-11,17H,4,6,12-13H2,1H3. The Hall–Kier alpha value is -3.42. The van der Waals surface area contributed by atoms with Gasteiger partial charge in [0.05, 0.1) is 12.7 Å². The normalized spacial score (nSPS) is 16.1. The van der Waals surface area contributed by atoms with Gasteiger partial charge >= 0.3 is 0 Å². The molecular weight excluding hydrogens is 377 g/mol. The van der Waals surface area contributed by atoms with Gasteiger partial charge in [-0.05, 0) is 49.2 Å². The third-order valence-corrected chi connectivity index (χ3v) is 4.82. The molecule has 0 bridgehead atoms. The first-order valence-corrected chi connectivity index (χ1v) is 9.30. The van der Waals surface area contributed by atoms with Gasteiger partial charge in [0.2, 0.25) is 11.7 Å². The van der Waals surface area contributed by atoms with E-state index in [1.807, 2.05) is 24.3 Å². The first kappa shape index (κ1) is 18.9. The van der Waals surface area contributed by atoms with E-state index in [2.05, 4.69) is 10.1 Å². The average Bonchev–Trinajstić information content (AvgIpc) is 3.42. The molecule has 1 aliphatic rings. The Labute approximate surface area is 167 Å². The fourth-order valence-corrected chi connectivity index (χ4v) is 3.39. The summed E-state index contributed by atoms with van der Waals surface area (Å²) in [6.45, 7) is 0.443.